The Morgan fingerprint density at radius 3 is 2.95 bits per heavy atom. The number of nitrogens with zero attached hydrogens (tertiary/aromatic N) is 1. The minimum atomic E-state index is -0.151. The van der Waals surface area contributed by atoms with Gasteiger partial charge in [-0.25, -0.2) is 0 Å². The molecule has 1 amide bonds. The van der Waals surface area contributed by atoms with Crippen molar-refractivity contribution in [2.24, 2.45) is 0 Å². The number of hydrogen-bond acceptors (Lipinski definition) is 3. The number of amides is 1. The number of rotatable bonds is 2. The molecule has 0 radical (unpaired) electrons. The first-order valence-electron chi connectivity index (χ1n) is 7.17. The van der Waals surface area contributed by atoms with Crippen LogP contribution in [0.2, 0.25) is 0 Å². The smallest absolute Gasteiger partial charge is 0.233 e. The van der Waals surface area contributed by atoms with E-state index in [2.05, 4.69) is 40.7 Å². The second kappa shape index (κ2) is 5.66. The van der Waals surface area contributed by atoms with Gasteiger partial charge in [0.25, 0.3) is 0 Å². The molecule has 1 aliphatic rings. The van der Waals surface area contributed by atoms with E-state index in [4.69, 9.17) is 0 Å². The Balaban J connectivity index is 1.85. The first kappa shape index (κ1) is 13.8. The zero-order valence-electron chi connectivity index (χ0n) is 12.3. The van der Waals surface area contributed by atoms with Crippen molar-refractivity contribution in [3.05, 3.63) is 58.9 Å². The second-order valence-electron chi connectivity index (χ2n) is 5.56. The fourth-order valence-corrected chi connectivity index (χ4v) is 2.75. The van der Waals surface area contributed by atoms with E-state index in [-0.39, 0.29) is 11.8 Å². The van der Waals surface area contributed by atoms with Crippen LogP contribution in [0, 0.1) is 13.8 Å². The van der Waals surface area contributed by atoms with Gasteiger partial charge < -0.3 is 10.6 Å². The summed E-state index contributed by atoms with van der Waals surface area (Å²) >= 11 is 0. The summed E-state index contributed by atoms with van der Waals surface area (Å²) in [5.41, 5.74) is 5.22. The number of anilines is 1. The van der Waals surface area contributed by atoms with E-state index in [0.29, 0.717) is 6.54 Å². The van der Waals surface area contributed by atoms with E-state index in [0.717, 1.165) is 23.5 Å². The Hall–Kier alpha value is -2.20. The van der Waals surface area contributed by atoms with Crippen LogP contribution in [0.5, 0.6) is 0 Å². The molecule has 0 saturated heterocycles. The maximum Gasteiger partial charge on any atom is 0.233 e. The predicted octanol–water partition coefficient (Wildman–Crippen LogP) is 2.52. The van der Waals surface area contributed by atoms with Crippen molar-refractivity contribution < 1.29 is 4.79 Å². The second-order valence-corrected chi connectivity index (χ2v) is 5.56. The molecule has 2 heterocycles. The number of carbonyl (C=O) groups excluding carboxylic acids is 1. The highest BCUT2D eigenvalue weighted by atomic mass is 16.1. The van der Waals surface area contributed by atoms with Crippen LogP contribution in [0.15, 0.2) is 36.5 Å². The molecule has 108 valence electrons. The zero-order chi connectivity index (χ0) is 14.8. The van der Waals surface area contributed by atoms with Crippen molar-refractivity contribution in [1.29, 1.82) is 0 Å². The first-order chi connectivity index (χ1) is 10.1. The van der Waals surface area contributed by atoms with Gasteiger partial charge in [0, 0.05) is 30.7 Å². The lowest BCUT2D eigenvalue weighted by Gasteiger charge is -2.26. The fraction of sp³-hybridized carbons (Fsp3) is 0.294. The minimum absolute atomic E-state index is 0.0275. The summed E-state index contributed by atoms with van der Waals surface area (Å²) < 4.78 is 0. The first-order valence-corrected chi connectivity index (χ1v) is 7.17. The molecule has 1 aromatic heterocycles. The van der Waals surface area contributed by atoms with Crippen LogP contribution >= 0.6 is 0 Å². The highest BCUT2D eigenvalue weighted by molar-refractivity contribution is 5.96. The molecule has 4 heteroatoms. The van der Waals surface area contributed by atoms with Gasteiger partial charge in [0.1, 0.15) is 0 Å². The van der Waals surface area contributed by atoms with E-state index >= 15 is 0 Å². The van der Waals surface area contributed by atoms with E-state index < -0.39 is 0 Å². The molecule has 2 aromatic rings. The lowest BCUT2D eigenvalue weighted by molar-refractivity contribution is -0.117. The zero-order valence-corrected chi connectivity index (χ0v) is 12.3. The largest absolute Gasteiger partial charge is 0.325 e. The van der Waals surface area contributed by atoms with Gasteiger partial charge in [0.2, 0.25) is 5.91 Å². The van der Waals surface area contributed by atoms with Crippen molar-refractivity contribution in [3.8, 4) is 0 Å². The van der Waals surface area contributed by atoms with Crippen molar-refractivity contribution in [3.63, 3.8) is 0 Å². The van der Waals surface area contributed by atoms with Crippen LogP contribution < -0.4 is 10.6 Å². The van der Waals surface area contributed by atoms with Crippen LogP contribution in [-0.4, -0.2) is 17.4 Å². The molecule has 21 heavy (non-hydrogen) atoms. The number of aromatic nitrogens is 1. The molecule has 1 atom stereocenters. The highest BCUT2D eigenvalue weighted by Gasteiger charge is 2.26. The Morgan fingerprint density at radius 2 is 2.14 bits per heavy atom. The van der Waals surface area contributed by atoms with Crippen LogP contribution in [0.4, 0.5) is 5.69 Å². The van der Waals surface area contributed by atoms with Crippen LogP contribution in [0.25, 0.3) is 0 Å². The van der Waals surface area contributed by atoms with Crippen LogP contribution in [0.1, 0.15) is 28.3 Å². The molecule has 0 aliphatic carbocycles. The van der Waals surface area contributed by atoms with E-state index in [1.54, 1.807) is 6.20 Å². The Labute approximate surface area is 124 Å². The topological polar surface area (TPSA) is 54.0 Å². The van der Waals surface area contributed by atoms with E-state index in [9.17, 15) is 4.79 Å². The maximum atomic E-state index is 12.6. The number of nitrogens with one attached hydrogen (secondary N) is 2. The van der Waals surface area contributed by atoms with Gasteiger partial charge in [-0.05, 0) is 37.1 Å². The molecule has 2 N–H and O–H groups in total. The number of aryl methyl sites for hydroxylation is 2. The summed E-state index contributed by atoms with van der Waals surface area (Å²) in [5.74, 6) is -0.123. The van der Waals surface area contributed by atoms with Gasteiger partial charge in [-0.1, -0.05) is 23.8 Å². The molecule has 0 saturated carbocycles. The fourth-order valence-electron chi connectivity index (χ4n) is 2.75. The lowest BCUT2D eigenvalue weighted by atomic mass is 9.89. The lowest BCUT2D eigenvalue weighted by Crippen LogP contribution is -2.35. The number of benzene rings is 1. The Bertz CT molecular complexity index is 681. The molecule has 3 rings (SSSR count). The molecule has 4 nitrogen and oxygen atoms in total. The SMILES string of the molecule is Cc1ccc2c(c1)C(C(=O)Nc1ccnc(C)c1)CNC2. The third-order valence-electron chi connectivity index (χ3n) is 3.82. The summed E-state index contributed by atoms with van der Waals surface area (Å²) in [6.45, 7) is 5.47. The highest BCUT2D eigenvalue weighted by Crippen LogP contribution is 2.26. The van der Waals surface area contributed by atoms with Crippen LogP contribution in [0.3, 0.4) is 0 Å². The van der Waals surface area contributed by atoms with E-state index in [1.165, 1.54) is 11.1 Å². The molecule has 0 bridgehead atoms. The van der Waals surface area contributed by atoms with E-state index in [1.807, 2.05) is 19.1 Å². The maximum absolute atomic E-state index is 12.6. The average molecular weight is 281 g/mol. The summed E-state index contributed by atoms with van der Waals surface area (Å²) in [4.78, 5) is 16.7. The number of carbonyl (C=O) groups is 1. The normalized spacial score (nSPS) is 17.1. The monoisotopic (exact) mass is 281 g/mol. The van der Waals surface area contributed by atoms with Crippen LogP contribution in [-0.2, 0) is 11.3 Å². The summed E-state index contributed by atoms with van der Waals surface area (Å²) in [5, 5.41) is 6.31. The summed E-state index contributed by atoms with van der Waals surface area (Å²) in [7, 11) is 0. The number of pyridine rings is 1. The minimum Gasteiger partial charge on any atom is -0.325 e. The third kappa shape index (κ3) is 2.95. The van der Waals surface area contributed by atoms with Gasteiger partial charge in [0.05, 0.1) is 5.92 Å². The Morgan fingerprint density at radius 1 is 1.29 bits per heavy atom. The van der Waals surface area contributed by atoms with Gasteiger partial charge in [0.15, 0.2) is 0 Å². The third-order valence-corrected chi connectivity index (χ3v) is 3.82. The molecule has 1 aromatic carbocycles. The van der Waals surface area contributed by atoms with Gasteiger partial charge in [-0.15, -0.1) is 0 Å². The molecule has 1 unspecified atom stereocenters. The van der Waals surface area contributed by atoms with Crippen molar-refractivity contribution >= 4 is 11.6 Å². The molecule has 0 spiro atoms. The quantitative estimate of drug-likeness (QED) is 0.889. The molecular formula is C17H19N3O. The summed E-state index contributed by atoms with van der Waals surface area (Å²) in [6.07, 6.45) is 1.71. The van der Waals surface area contributed by atoms with Gasteiger partial charge >= 0.3 is 0 Å². The average Bonchev–Trinajstić information content (AvgIpc) is 2.46. The van der Waals surface area contributed by atoms with Gasteiger partial charge in [-0.2, -0.15) is 0 Å². The molecule has 0 fully saturated rings. The molecular weight excluding hydrogens is 262 g/mol. The summed E-state index contributed by atoms with van der Waals surface area (Å²) in [6, 6.07) is 10.0. The Kier molecular flexibility index (Phi) is 3.71. The number of hydrogen-bond donors (Lipinski definition) is 2. The van der Waals surface area contributed by atoms with Crippen molar-refractivity contribution in [2.75, 3.05) is 11.9 Å². The number of fused-ring (bicyclic) bond motifs is 1. The van der Waals surface area contributed by atoms with Crippen molar-refractivity contribution in [2.45, 2.75) is 26.3 Å². The predicted molar refractivity (Wildman–Crippen MR) is 83.2 cm³/mol. The standard InChI is InChI=1S/C17H19N3O/c1-11-3-4-13-9-18-10-16(15(13)7-11)17(21)20-14-5-6-19-12(2)8-14/h3-8,16,18H,9-10H2,1-2H3,(H,19,20,21). The van der Waals surface area contributed by atoms with Gasteiger partial charge in [-0.3, -0.25) is 9.78 Å². The molecule has 1 aliphatic heterocycles. The van der Waals surface area contributed by atoms with Crippen molar-refractivity contribution in [1.82, 2.24) is 10.3 Å².